The molecule has 0 heterocycles. The van der Waals surface area contributed by atoms with Crippen molar-refractivity contribution >= 4 is 72.3 Å². The van der Waals surface area contributed by atoms with Gasteiger partial charge in [-0.25, -0.2) is 0 Å². The number of benzene rings is 2. The van der Waals surface area contributed by atoms with Crippen molar-refractivity contribution in [1.82, 2.24) is 0 Å². The summed E-state index contributed by atoms with van der Waals surface area (Å²) in [5, 5.41) is 1.55. The summed E-state index contributed by atoms with van der Waals surface area (Å²) in [5.41, 5.74) is 1.96. The van der Waals surface area contributed by atoms with Crippen LogP contribution >= 0.6 is 0 Å². The molecule has 0 aromatic heterocycles. The van der Waals surface area contributed by atoms with Gasteiger partial charge < -0.3 is 0 Å². The first kappa shape index (κ1) is 31.3. The van der Waals surface area contributed by atoms with E-state index < -0.39 is 10.1 Å². The van der Waals surface area contributed by atoms with Gasteiger partial charge in [0.2, 0.25) is 0 Å². The van der Waals surface area contributed by atoms with Crippen LogP contribution in [-0.4, -0.2) is 64.4 Å². The molecule has 182 valence electrons. The van der Waals surface area contributed by atoms with E-state index in [4.69, 9.17) is 0 Å². The Labute approximate surface area is 245 Å². The summed E-state index contributed by atoms with van der Waals surface area (Å²) in [6, 6.07) is 9.73. The number of unbranched alkanes of at least 4 members (excludes halogenated alkanes) is 12. The Kier molecular flexibility index (Phi) is 16.7. The molecule has 0 bridgehead atoms. The van der Waals surface area contributed by atoms with E-state index in [-0.39, 0.29) is 56.3 Å². The van der Waals surface area contributed by atoms with Gasteiger partial charge in [0, 0.05) is 5.39 Å². The Hall–Kier alpha value is 0.246. The van der Waals surface area contributed by atoms with Gasteiger partial charge in [-0.1, -0.05) is 121 Å². The van der Waals surface area contributed by atoms with Gasteiger partial charge in [-0.3, -0.25) is 4.55 Å². The van der Waals surface area contributed by atoms with E-state index in [1.807, 2.05) is 24.3 Å². The van der Waals surface area contributed by atoms with E-state index in [9.17, 15) is 13.0 Å². The minimum atomic E-state index is -4.28. The number of hydrogen-bond acceptors (Lipinski definition) is 2. The summed E-state index contributed by atoms with van der Waals surface area (Å²) < 4.78 is 35.1. The van der Waals surface area contributed by atoms with Gasteiger partial charge in [0.25, 0.3) is 10.1 Å². The molecule has 2 rings (SSSR count). The van der Waals surface area contributed by atoms with Gasteiger partial charge in [-0.2, -0.15) is 8.42 Å². The second-order valence-electron chi connectivity index (χ2n) is 9.28. The van der Waals surface area contributed by atoms with Crippen LogP contribution in [0, 0.1) is 0 Å². The van der Waals surface area contributed by atoms with Gasteiger partial charge in [-0.05, 0) is 42.2 Å². The standard InChI is InChI=1S/C28H44O3S.K.H/c1-3-5-7-9-11-13-15-19-24-23-25-20-17-18-22-27(25)28(32(29,30)31)26(24)21-16-14-12-10-8-6-4-2;;/h17-18,20,22-23H,3-16,19,21H2,1-2H3,(H,29,30,31);;. The third kappa shape index (κ3) is 11.2. The Balaban J connectivity index is 0.00000544. The second-order valence-corrected chi connectivity index (χ2v) is 10.6. The van der Waals surface area contributed by atoms with Crippen molar-refractivity contribution in [2.45, 2.75) is 121 Å². The molecule has 0 saturated heterocycles. The summed E-state index contributed by atoms with van der Waals surface area (Å²) in [5.74, 6) is 0. The predicted octanol–water partition coefficient (Wildman–Crippen LogP) is 8.02. The van der Waals surface area contributed by atoms with Crippen molar-refractivity contribution in [1.29, 1.82) is 0 Å². The second kappa shape index (κ2) is 17.6. The van der Waals surface area contributed by atoms with Crippen molar-refractivity contribution in [3.63, 3.8) is 0 Å². The molecule has 2 aromatic rings. The van der Waals surface area contributed by atoms with Crippen LogP contribution in [0.25, 0.3) is 10.8 Å². The summed E-state index contributed by atoms with van der Waals surface area (Å²) >= 11 is 0. The zero-order valence-corrected chi connectivity index (χ0v) is 21.2. The van der Waals surface area contributed by atoms with Crippen molar-refractivity contribution in [3.8, 4) is 0 Å². The molecule has 2 aromatic carbocycles. The van der Waals surface area contributed by atoms with Crippen LogP contribution in [0.15, 0.2) is 35.2 Å². The molecule has 3 nitrogen and oxygen atoms in total. The van der Waals surface area contributed by atoms with Gasteiger partial charge in [0.05, 0.1) is 0 Å². The summed E-state index contributed by atoms with van der Waals surface area (Å²) in [6.07, 6.45) is 18.6. The van der Waals surface area contributed by atoms with Gasteiger partial charge in [0.1, 0.15) is 4.90 Å². The molecular formula is C28H45KO3S. The van der Waals surface area contributed by atoms with E-state index in [1.165, 1.54) is 70.6 Å². The third-order valence-corrected chi connectivity index (χ3v) is 7.52. The molecule has 0 aliphatic carbocycles. The number of fused-ring (bicyclic) bond motifs is 1. The first-order valence-electron chi connectivity index (χ1n) is 13.0. The molecule has 0 aliphatic heterocycles. The maximum atomic E-state index is 12.5. The normalized spacial score (nSPS) is 11.6. The number of hydrogen-bond donors (Lipinski definition) is 1. The summed E-state index contributed by atoms with van der Waals surface area (Å²) in [6.45, 7) is 4.46. The Bertz CT molecular complexity index is 909. The molecule has 1 N–H and O–H groups in total. The number of rotatable bonds is 17. The first-order chi connectivity index (χ1) is 15.5. The van der Waals surface area contributed by atoms with Crippen molar-refractivity contribution in [2.75, 3.05) is 0 Å². The predicted molar refractivity (Wildman–Crippen MR) is 144 cm³/mol. The van der Waals surface area contributed by atoms with Crippen LogP contribution in [0.2, 0.25) is 0 Å². The average molecular weight is 501 g/mol. The van der Waals surface area contributed by atoms with E-state index in [0.29, 0.717) is 5.39 Å². The zero-order valence-electron chi connectivity index (χ0n) is 20.4. The molecule has 0 atom stereocenters. The van der Waals surface area contributed by atoms with Crippen LogP contribution < -0.4 is 0 Å². The molecule has 0 unspecified atom stereocenters. The van der Waals surface area contributed by atoms with Gasteiger partial charge in [0.15, 0.2) is 0 Å². The Morgan fingerprint density at radius 1 is 0.697 bits per heavy atom. The number of aryl methyl sites for hydroxylation is 1. The van der Waals surface area contributed by atoms with E-state index in [1.54, 1.807) is 0 Å². The zero-order chi connectivity index (χ0) is 23.2. The SMILES string of the molecule is CCCCCCCCCc1cc2ccccc2c(S(=O)(=O)O)c1CCCCCCCCC.[KH]. The monoisotopic (exact) mass is 500 g/mol. The van der Waals surface area contributed by atoms with E-state index in [2.05, 4.69) is 19.9 Å². The van der Waals surface area contributed by atoms with Gasteiger partial charge >= 0.3 is 51.4 Å². The van der Waals surface area contributed by atoms with Crippen molar-refractivity contribution < 1.29 is 13.0 Å². The van der Waals surface area contributed by atoms with Crippen molar-refractivity contribution in [3.05, 3.63) is 41.5 Å². The molecular weight excluding hydrogens is 455 g/mol. The van der Waals surface area contributed by atoms with Gasteiger partial charge in [-0.15, -0.1) is 0 Å². The van der Waals surface area contributed by atoms with E-state index in [0.717, 1.165) is 48.6 Å². The maximum absolute atomic E-state index is 12.5. The van der Waals surface area contributed by atoms with Crippen molar-refractivity contribution in [2.24, 2.45) is 0 Å². The quantitative estimate of drug-likeness (QED) is 0.136. The summed E-state index contributed by atoms with van der Waals surface area (Å²) in [4.78, 5) is 0.152. The molecule has 0 aliphatic rings. The molecule has 0 spiro atoms. The molecule has 0 radical (unpaired) electrons. The fraction of sp³-hybridized carbons (Fsp3) is 0.643. The first-order valence-corrected chi connectivity index (χ1v) is 14.4. The fourth-order valence-electron chi connectivity index (χ4n) is 4.74. The fourth-order valence-corrected chi connectivity index (χ4v) is 5.74. The third-order valence-electron chi connectivity index (χ3n) is 6.53. The average Bonchev–Trinajstić information content (AvgIpc) is 2.76. The van der Waals surface area contributed by atoms with Crippen LogP contribution in [-0.2, 0) is 23.0 Å². The minimum absolute atomic E-state index is 0. The van der Waals surface area contributed by atoms with Crippen LogP contribution in [0.5, 0.6) is 0 Å². The molecule has 0 amide bonds. The topological polar surface area (TPSA) is 54.4 Å². The van der Waals surface area contributed by atoms with Crippen LogP contribution in [0.3, 0.4) is 0 Å². The van der Waals surface area contributed by atoms with Crippen LogP contribution in [0.4, 0.5) is 0 Å². The molecule has 0 saturated carbocycles. The Morgan fingerprint density at radius 3 is 1.73 bits per heavy atom. The molecule has 33 heavy (non-hydrogen) atoms. The molecule has 5 heteroatoms. The Morgan fingerprint density at radius 2 is 1.18 bits per heavy atom. The summed E-state index contributed by atoms with van der Waals surface area (Å²) in [7, 11) is -4.28. The van der Waals surface area contributed by atoms with Crippen LogP contribution in [0.1, 0.15) is 115 Å². The van der Waals surface area contributed by atoms with E-state index >= 15 is 0 Å². The molecule has 0 fully saturated rings.